The van der Waals surface area contributed by atoms with Crippen LogP contribution in [-0.4, -0.2) is 24.4 Å². The molecule has 0 radical (unpaired) electrons. The zero-order chi connectivity index (χ0) is 13.2. The summed E-state index contributed by atoms with van der Waals surface area (Å²) in [7, 11) is -3.51. The Morgan fingerprint density at radius 2 is 2.33 bits per heavy atom. The number of nitrogens with one attached hydrogen (secondary N) is 2. The highest BCUT2D eigenvalue weighted by Crippen LogP contribution is 2.11. The molecule has 0 saturated carbocycles. The van der Waals surface area contributed by atoms with Crippen molar-refractivity contribution in [3.8, 4) is 0 Å². The van der Waals surface area contributed by atoms with Gasteiger partial charge in [0.25, 0.3) is 10.0 Å². The summed E-state index contributed by atoms with van der Waals surface area (Å²) in [6, 6.07) is 1.84. The third-order valence-corrected chi connectivity index (χ3v) is 4.68. The molecule has 0 aliphatic carbocycles. The Morgan fingerprint density at radius 1 is 1.56 bits per heavy atom. The third-order valence-electron chi connectivity index (χ3n) is 2.45. The molecule has 5 nitrogen and oxygen atoms in total. The van der Waals surface area contributed by atoms with E-state index in [9.17, 15) is 8.42 Å². The Hall–Kier alpha value is -1.18. The third kappa shape index (κ3) is 3.18. The van der Waals surface area contributed by atoms with Gasteiger partial charge in [0.15, 0.2) is 5.03 Å². The van der Waals surface area contributed by atoms with Gasteiger partial charge in [0.05, 0.1) is 6.20 Å². The molecular weight excluding hydrogens is 270 g/mol. The molecule has 1 atom stereocenters. The van der Waals surface area contributed by atoms with Crippen LogP contribution in [0.3, 0.4) is 0 Å². The predicted molar refractivity (Wildman–Crippen MR) is 71.1 cm³/mol. The summed E-state index contributed by atoms with van der Waals surface area (Å²) in [6.45, 7) is 3.56. The van der Waals surface area contributed by atoms with Crippen LogP contribution in [0.5, 0.6) is 0 Å². The Kier molecular flexibility index (Phi) is 3.84. The molecule has 2 rings (SSSR count). The predicted octanol–water partition coefficient (Wildman–Crippen LogP) is 1.69. The summed E-state index contributed by atoms with van der Waals surface area (Å²) in [5.74, 6) is 0.584. The number of hydrogen-bond donors (Lipinski definition) is 2. The fourth-order valence-corrected chi connectivity index (χ4v) is 3.56. The number of nitrogens with zero attached hydrogens (tertiary/aromatic N) is 1. The summed E-state index contributed by atoms with van der Waals surface area (Å²) >= 11 is 1.61. The summed E-state index contributed by atoms with van der Waals surface area (Å²) < 4.78 is 26.6. The van der Waals surface area contributed by atoms with Gasteiger partial charge in [0.1, 0.15) is 5.82 Å². The van der Waals surface area contributed by atoms with E-state index in [0.29, 0.717) is 12.2 Å². The largest absolute Gasteiger partial charge is 0.332 e. The van der Waals surface area contributed by atoms with Crippen LogP contribution in [0.4, 0.5) is 0 Å². The lowest BCUT2D eigenvalue weighted by Gasteiger charge is -2.12. The van der Waals surface area contributed by atoms with E-state index in [1.807, 2.05) is 23.8 Å². The molecule has 18 heavy (non-hydrogen) atoms. The van der Waals surface area contributed by atoms with Crippen LogP contribution in [0.15, 0.2) is 28.0 Å². The lowest BCUT2D eigenvalue weighted by molar-refractivity contribution is 0.557. The first kappa shape index (κ1) is 13.3. The number of thiophene rings is 1. The minimum atomic E-state index is -3.51. The van der Waals surface area contributed by atoms with E-state index in [2.05, 4.69) is 14.7 Å². The molecule has 0 fully saturated rings. The van der Waals surface area contributed by atoms with E-state index in [-0.39, 0.29) is 11.1 Å². The minimum absolute atomic E-state index is 0.108. The maximum absolute atomic E-state index is 12.0. The quantitative estimate of drug-likeness (QED) is 0.878. The second-order valence-electron chi connectivity index (χ2n) is 4.19. The van der Waals surface area contributed by atoms with E-state index in [1.165, 1.54) is 6.20 Å². The number of aromatic amines is 1. The number of H-pyrrole nitrogens is 1. The highest BCUT2D eigenvalue weighted by Gasteiger charge is 2.19. The standard InChI is InChI=1S/C11H15N3O2S2/c1-8(5-10-3-4-17-7-10)14-18(15,16)11-6-12-9(2)13-11/h3-4,6-8,14H,5H2,1-2H3,(H,12,13). The molecule has 0 saturated heterocycles. The Bertz CT molecular complexity index is 602. The molecule has 2 heterocycles. The van der Waals surface area contributed by atoms with Crippen LogP contribution in [-0.2, 0) is 16.4 Å². The number of aryl methyl sites for hydroxylation is 1. The Morgan fingerprint density at radius 3 is 2.89 bits per heavy atom. The van der Waals surface area contributed by atoms with Gasteiger partial charge in [0.2, 0.25) is 0 Å². The van der Waals surface area contributed by atoms with Crippen molar-refractivity contribution in [2.45, 2.75) is 31.3 Å². The minimum Gasteiger partial charge on any atom is -0.332 e. The number of hydrogen-bond acceptors (Lipinski definition) is 4. The fourth-order valence-electron chi connectivity index (χ4n) is 1.67. The zero-order valence-corrected chi connectivity index (χ0v) is 11.8. The van der Waals surface area contributed by atoms with Crippen LogP contribution in [0, 0.1) is 6.92 Å². The summed E-state index contributed by atoms with van der Waals surface area (Å²) in [6.07, 6.45) is 2.00. The van der Waals surface area contributed by atoms with E-state index in [0.717, 1.165) is 5.56 Å². The number of aromatic nitrogens is 2. The van der Waals surface area contributed by atoms with Crippen LogP contribution < -0.4 is 4.72 Å². The van der Waals surface area contributed by atoms with Crippen LogP contribution >= 0.6 is 11.3 Å². The van der Waals surface area contributed by atoms with E-state index in [1.54, 1.807) is 18.3 Å². The van der Waals surface area contributed by atoms with Gasteiger partial charge in [-0.2, -0.15) is 11.3 Å². The molecule has 0 aliphatic heterocycles. The van der Waals surface area contributed by atoms with Gasteiger partial charge >= 0.3 is 0 Å². The smallest absolute Gasteiger partial charge is 0.257 e. The first-order chi connectivity index (χ1) is 8.47. The summed E-state index contributed by atoms with van der Waals surface area (Å²) in [5.41, 5.74) is 1.14. The van der Waals surface area contributed by atoms with E-state index < -0.39 is 10.0 Å². The van der Waals surface area contributed by atoms with Gasteiger partial charge in [-0.3, -0.25) is 0 Å². The van der Waals surface area contributed by atoms with Gasteiger partial charge < -0.3 is 4.98 Å². The van der Waals surface area contributed by atoms with Gasteiger partial charge in [-0.05, 0) is 42.7 Å². The van der Waals surface area contributed by atoms with Gasteiger partial charge in [-0.25, -0.2) is 18.1 Å². The molecule has 0 amide bonds. The molecule has 2 aromatic heterocycles. The molecule has 0 spiro atoms. The first-order valence-electron chi connectivity index (χ1n) is 5.52. The first-order valence-corrected chi connectivity index (χ1v) is 7.95. The molecule has 0 aromatic carbocycles. The number of sulfonamides is 1. The molecule has 98 valence electrons. The summed E-state index contributed by atoms with van der Waals surface area (Å²) in [4.78, 5) is 6.61. The van der Waals surface area contributed by atoms with Gasteiger partial charge in [-0.15, -0.1) is 0 Å². The second kappa shape index (κ2) is 5.21. The molecule has 2 aromatic rings. The van der Waals surface area contributed by atoms with Crippen molar-refractivity contribution in [2.75, 3.05) is 0 Å². The maximum Gasteiger partial charge on any atom is 0.257 e. The normalized spacial score (nSPS) is 13.7. The summed E-state index contributed by atoms with van der Waals surface area (Å²) in [5, 5.41) is 4.11. The highest BCUT2D eigenvalue weighted by molar-refractivity contribution is 7.89. The van der Waals surface area contributed by atoms with Crippen LogP contribution in [0.2, 0.25) is 0 Å². The highest BCUT2D eigenvalue weighted by atomic mass is 32.2. The molecule has 0 aliphatic rings. The molecule has 2 N–H and O–H groups in total. The molecular formula is C11H15N3O2S2. The zero-order valence-electron chi connectivity index (χ0n) is 10.2. The fraction of sp³-hybridized carbons (Fsp3) is 0.364. The van der Waals surface area contributed by atoms with E-state index in [4.69, 9.17) is 0 Å². The van der Waals surface area contributed by atoms with Crippen molar-refractivity contribution in [1.82, 2.24) is 14.7 Å². The average Bonchev–Trinajstić information content (AvgIpc) is 2.88. The van der Waals surface area contributed by atoms with Crippen LogP contribution in [0.25, 0.3) is 0 Å². The van der Waals surface area contributed by atoms with Crippen LogP contribution in [0.1, 0.15) is 18.3 Å². The monoisotopic (exact) mass is 285 g/mol. The molecule has 1 unspecified atom stereocenters. The Balaban J connectivity index is 2.04. The number of imidazole rings is 1. The lowest BCUT2D eigenvalue weighted by atomic mass is 10.1. The molecule has 0 bridgehead atoms. The lowest BCUT2D eigenvalue weighted by Crippen LogP contribution is -2.34. The number of rotatable bonds is 5. The van der Waals surface area contributed by atoms with Gasteiger partial charge in [-0.1, -0.05) is 0 Å². The van der Waals surface area contributed by atoms with E-state index >= 15 is 0 Å². The van der Waals surface area contributed by atoms with Crippen molar-refractivity contribution >= 4 is 21.4 Å². The van der Waals surface area contributed by atoms with Crippen molar-refractivity contribution in [2.24, 2.45) is 0 Å². The van der Waals surface area contributed by atoms with Crippen molar-refractivity contribution in [3.63, 3.8) is 0 Å². The topological polar surface area (TPSA) is 74.8 Å². The molecule has 7 heteroatoms. The second-order valence-corrected chi connectivity index (χ2v) is 6.65. The van der Waals surface area contributed by atoms with Crippen molar-refractivity contribution in [3.05, 3.63) is 34.4 Å². The van der Waals surface area contributed by atoms with Crippen molar-refractivity contribution < 1.29 is 8.42 Å². The van der Waals surface area contributed by atoms with Crippen molar-refractivity contribution in [1.29, 1.82) is 0 Å². The SMILES string of the molecule is Cc1ncc(S(=O)(=O)NC(C)Cc2ccsc2)[nH]1. The maximum atomic E-state index is 12.0. The Labute approximate surface area is 110 Å². The average molecular weight is 285 g/mol. The van der Waals surface area contributed by atoms with Gasteiger partial charge in [0, 0.05) is 6.04 Å².